The molecule has 1 aromatic rings. The lowest BCUT2D eigenvalue weighted by molar-refractivity contribution is -0.0120. The van der Waals surface area contributed by atoms with Gasteiger partial charge in [-0.25, -0.2) is 4.68 Å². The summed E-state index contributed by atoms with van der Waals surface area (Å²) in [6.07, 6.45) is 10.8. The molecule has 0 spiro atoms. The zero-order valence-electron chi connectivity index (χ0n) is 14.4. The van der Waals surface area contributed by atoms with Crippen molar-refractivity contribution in [1.82, 2.24) is 15.1 Å². The number of nitrogens with one attached hydrogen (secondary N) is 1. The molecule has 1 N–H and O–H groups in total. The van der Waals surface area contributed by atoms with E-state index in [1.165, 1.54) is 44.9 Å². The zero-order valence-corrected chi connectivity index (χ0v) is 14.4. The fourth-order valence-corrected chi connectivity index (χ4v) is 5.62. The number of nitrogens with zero attached hydrogens (tertiary/aromatic N) is 2. The van der Waals surface area contributed by atoms with Gasteiger partial charge in [0, 0.05) is 13.1 Å². The molecule has 1 heterocycles. The van der Waals surface area contributed by atoms with Crippen LogP contribution in [0.4, 0.5) is 0 Å². The second-order valence-electron chi connectivity index (χ2n) is 8.67. The Labute approximate surface area is 143 Å². The molecule has 5 saturated carbocycles. The maximum atomic E-state index is 12.9. The first-order valence-corrected chi connectivity index (χ1v) is 9.63. The van der Waals surface area contributed by atoms with E-state index >= 15 is 0 Å². The summed E-state index contributed by atoms with van der Waals surface area (Å²) < 4.78 is 7.59. The minimum absolute atomic E-state index is 0.00590. The summed E-state index contributed by atoms with van der Waals surface area (Å²) in [6.45, 7) is 0.706. The molecule has 0 aromatic carbocycles. The van der Waals surface area contributed by atoms with Crippen LogP contribution in [-0.2, 0) is 7.05 Å². The van der Waals surface area contributed by atoms with Gasteiger partial charge in [-0.2, -0.15) is 5.10 Å². The van der Waals surface area contributed by atoms with Crippen molar-refractivity contribution in [3.05, 3.63) is 11.8 Å². The maximum Gasteiger partial charge on any atom is 0.258 e. The average Bonchev–Trinajstić information content (AvgIpc) is 3.30. The summed E-state index contributed by atoms with van der Waals surface area (Å²) in [6, 6.07) is 0.363. The Kier molecular flexibility index (Phi) is 3.39. The molecule has 0 aliphatic heterocycles. The molecule has 5 aliphatic carbocycles. The number of amides is 1. The summed E-state index contributed by atoms with van der Waals surface area (Å²) in [4.78, 5) is 12.9. The molecule has 6 rings (SSSR count). The first-order valence-electron chi connectivity index (χ1n) is 9.63. The largest absolute Gasteiger partial charge is 0.477 e. The first kappa shape index (κ1) is 14.8. The van der Waals surface area contributed by atoms with Crippen molar-refractivity contribution in [1.29, 1.82) is 0 Å². The number of carbonyl (C=O) groups is 1. The average molecular weight is 329 g/mol. The third kappa shape index (κ3) is 2.52. The molecule has 0 atom stereocenters. The Morgan fingerprint density at radius 1 is 1.21 bits per heavy atom. The van der Waals surface area contributed by atoms with Gasteiger partial charge in [0.05, 0.1) is 12.8 Å². The predicted octanol–water partition coefficient (Wildman–Crippen LogP) is 2.76. The second-order valence-corrected chi connectivity index (χ2v) is 8.67. The van der Waals surface area contributed by atoms with E-state index < -0.39 is 0 Å². The van der Waals surface area contributed by atoms with E-state index in [4.69, 9.17) is 4.74 Å². The van der Waals surface area contributed by atoms with Gasteiger partial charge in [0.2, 0.25) is 5.88 Å². The quantitative estimate of drug-likeness (QED) is 0.904. The van der Waals surface area contributed by atoms with Gasteiger partial charge in [0.25, 0.3) is 5.91 Å². The van der Waals surface area contributed by atoms with Crippen molar-refractivity contribution in [2.45, 2.75) is 51.0 Å². The molecule has 5 fully saturated rings. The van der Waals surface area contributed by atoms with E-state index in [-0.39, 0.29) is 5.91 Å². The van der Waals surface area contributed by atoms with Crippen molar-refractivity contribution < 1.29 is 9.53 Å². The van der Waals surface area contributed by atoms with E-state index in [1.807, 2.05) is 7.05 Å². The van der Waals surface area contributed by atoms with E-state index in [1.54, 1.807) is 10.9 Å². The smallest absolute Gasteiger partial charge is 0.258 e. The van der Waals surface area contributed by atoms with Gasteiger partial charge in [-0.15, -0.1) is 0 Å². The molecule has 24 heavy (non-hydrogen) atoms. The van der Waals surface area contributed by atoms with Crippen LogP contribution in [0, 0.1) is 29.6 Å². The molecule has 0 radical (unpaired) electrons. The Morgan fingerprint density at radius 3 is 2.50 bits per heavy atom. The van der Waals surface area contributed by atoms with E-state index in [0.717, 1.165) is 11.8 Å². The van der Waals surface area contributed by atoms with Crippen LogP contribution in [0.25, 0.3) is 0 Å². The molecular weight excluding hydrogens is 302 g/mol. The van der Waals surface area contributed by atoms with Crippen molar-refractivity contribution in [3.8, 4) is 5.88 Å². The number of aryl methyl sites for hydroxylation is 1. The highest BCUT2D eigenvalue weighted by Crippen LogP contribution is 2.53. The molecule has 4 bridgehead atoms. The summed E-state index contributed by atoms with van der Waals surface area (Å²) >= 11 is 0. The number of carbonyl (C=O) groups excluding carboxylic acids is 1. The lowest BCUT2D eigenvalue weighted by Crippen LogP contribution is -2.55. The number of aromatic nitrogens is 2. The Bertz CT molecular complexity index is 621. The van der Waals surface area contributed by atoms with Crippen LogP contribution >= 0.6 is 0 Å². The minimum atomic E-state index is 0.00590. The van der Waals surface area contributed by atoms with Crippen LogP contribution in [0.5, 0.6) is 5.88 Å². The predicted molar refractivity (Wildman–Crippen MR) is 89.7 cm³/mol. The second kappa shape index (κ2) is 5.50. The summed E-state index contributed by atoms with van der Waals surface area (Å²) in [5.74, 6) is 4.54. The van der Waals surface area contributed by atoms with Gasteiger partial charge in [0.1, 0.15) is 5.56 Å². The lowest BCUT2D eigenvalue weighted by atomic mass is 9.54. The Hall–Kier alpha value is -1.52. The molecule has 0 unspecified atom stereocenters. The molecule has 0 saturated heterocycles. The van der Waals surface area contributed by atoms with Crippen LogP contribution in [0.15, 0.2) is 6.20 Å². The van der Waals surface area contributed by atoms with Crippen LogP contribution < -0.4 is 10.1 Å². The Morgan fingerprint density at radius 2 is 1.88 bits per heavy atom. The first-order chi connectivity index (χ1) is 11.7. The summed E-state index contributed by atoms with van der Waals surface area (Å²) in [5, 5.41) is 7.61. The highest BCUT2D eigenvalue weighted by atomic mass is 16.5. The maximum absolute atomic E-state index is 12.9. The monoisotopic (exact) mass is 329 g/mol. The number of hydrogen-bond acceptors (Lipinski definition) is 3. The molecule has 5 nitrogen and oxygen atoms in total. The number of rotatable bonds is 5. The summed E-state index contributed by atoms with van der Waals surface area (Å²) in [5.41, 5.74) is 0.604. The lowest BCUT2D eigenvalue weighted by Gasteiger charge is -2.54. The highest BCUT2D eigenvalue weighted by Gasteiger charge is 2.48. The van der Waals surface area contributed by atoms with E-state index in [9.17, 15) is 4.79 Å². The van der Waals surface area contributed by atoms with Gasteiger partial charge in [-0.05, 0) is 74.5 Å². The minimum Gasteiger partial charge on any atom is -0.477 e. The standard InChI is InChI=1S/C19H27N3O2/c1-22-19(24-10-11-2-3-11)16(9-20-22)18(23)21-17-14-5-12-4-13(7-14)8-15(17)6-12/h9,11-15,17H,2-8,10H2,1H3,(H,21,23). The van der Waals surface area contributed by atoms with Crippen molar-refractivity contribution in [2.75, 3.05) is 6.61 Å². The van der Waals surface area contributed by atoms with Gasteiger partial charge in [-0.1, -0.05) is 0 Å². The fourth-order valence-electron chi connectivity index (χ4n) is 5.62. The van der Waals surface area contributed by atoms with Crippen LogP contribution in [0.1, 0.15) is 55.3 Å². The van der Waals surface area contributed by atoms with Crippen molar-refractivity contribution in [3.63, 3.8) is 0 Å². The highest BCUT2D eigenvalue weighted by molar-refractivity contribution is 5.96. The summed E-state index contributed by atoms with van der Waals surface area (Å²) in [7, 11) is 1.85. The third-order valence-corrected chi connectivity index (χ3v) is 6.81. The van der Waals surface area contributed by atoms with Crippen LogP contribution in [-0.4, -0.2) is 28.3 Å². The van der Waals surface area contributed by atoms with Crippen molar-refractivity contribution >= 4 is 5.91 Å². The topological polar surface area (TPSA) is 56.2 Å². The Balaban J connectivity index is 1.30. The van der Waals surface area contributed by atoms with Gasteiger partial charge < -0.3 is 10.1 Å². The molecule has 1 amide bonds. The van der Waals surface area contributed by atoms with Gasteiger partial charge >= 0.3 is 0 Å². The van der Waals surface area contributed by atoms with Gasteiger partial charge in [-0.3, -0.25) is 4.79 Å². The van der Waals surface area contributed by atoms with Crippen LogP contribution in [0.3, 0.4) is 0 Å². The van der Waals surface area contributed by atoms with Crippen molar-refractivity contribution in [2.24, 2.45) is 36.6 Å². The zero-order chi connectivity index (χ0) is 16.3. The van der Waals surface area contributed by atoms with E-state index in [0.29, 0.717) is 41.8 Å². The normalized spacial score (nSPS) is 36.8. The molecular formula is C19H27N3O2. The number of ether oxygens (including phenoxy) is 1. The molecule has 5 aliphatic rings. The molecule has 130 valence electrons. The number of hydrogen-bond donors (Lipinski definition) is 1. The molecule has 1 aromatic heterocycles. The third-order valence-electron chi connectivity index (χ3n) is 6.81. The van der Waals surface area contributed by atoms with E-state index in [2.05, 4.69) is 10.4 Å². The molecule has 5 heteroatoms. The fraction of sp³-hybridized carbons (Fsp3) is 0.789. The SMILES string of the molecule is Cn1ncc(C(=O)NC2C3CC4CC(C3)CC2C4)c1OCC1CC1. The van der Waals surface area contributed by atoms with Gasteiger partial charge in [0.15, 0.2) is 0 Å². The van der Waals surface area contributed by atoms with Crippen LogP contribution in [0.2, 0.25) is 0 Å².